The van der Waals surface area contributed by atoms with E-state index in [0.29, 0.717) is 12.0 Å². The summed E-state index contributed by atoms with van der Waals surface area (Å²) in [5.74, 6) is 0.731. The fourth-order valence-electron chi connectivity index (χ4n) is 3.51. The molecule has 4 heteroatoms. The zero-order valence-electron chi connectivity index (χ0n) is 13.2. The van der Waals surface area contributed by atoms with Crippen LogP contribution in [0.1, 0.15) is 52.4 Å². The standard InChI is InChI=1S/C16H30N2OS/c1-16(2,12-6-5-9-17-11-12)15(19)18-13-7-4-8-14(10-13)20-3/h12-14,17H,4-11H2,1-3H3,(H,18,19). The predicted octanol–water partition coefficient (Wildman–Crippen LogP) is 2.80. The molecule has 1 amide bonds. The Labute approximate surface area is 128 Å². The van der Waals surface area contributed by atoms with Gasteiger partial charge in [0, 0.05) is 16.7 Å². The highest BCUT2D eigenvalue weighted by molar-refractivity contribution is 7.99. The van der Waals surface area contributed by atoms with Crippen molar-refractivity contribution in [3.05, 3.63) is 0 Å². The molecule has 20 heavy (non-hydrogen) atoms. The van der Waals surface area contributed by atoms with Crippen molar-refractivity contribution in [3.63, 3.8) is 0 Å². The largest absolute Gasteiger partial charge is 0.353 e. The van der Waals surface area contributed by atoms with Crippen LogP contribution < -0.4 is 10.6 Å². The fraction of sp³-hybridized carbons (Fsp3) is 0.938. The van der Waals surface area contributed by atoms with Crippen LogP contribution in [0.25, 0.3) is 0 Å². The van der Waals surface area contributed by atoms with Crippen LogP contribution in [-0.4, -0.2) is 36.5 Å². The highest BCUT2D eigenvalue weighted by Crippen LogP contribution is 2.33. The lowest BCUT2D eigenvalue weighted by Crippen LogP contribution is -2.50. The van der Waals surface area contributed by atoms with Gasteiger partial charge in [-0.25, -0.2) is 0 Å². The summed E-state index contributed by atoms with van der Waals surface area (Å²) < 4.78 is 0. The van der Waals surface area contributed by atoms with Gasteiger partial charge in [0.05, 0.1) is 0 Å². The molecule has 1 saturated carbocycles. The number of carbonyl (C=O) groups excluding carboxylic acids is 1. The van der Waals surface area contributed by atoms with Gasteiger partial charge in [-0.3, -0.25) is 4.79 Å². The van der Waals surface area contributed by atoms with E-state index in [2.05, 4.69) is 30.7 Å². The molecule has 2 N–H and O–H groups in total. The van der Waals surface area contributed by atoms with Gasteiger partial charge in [0.15, 0.2) is 0 Å². The van der Waals surface area contributed by atoms with Gasteiger partial charge in [-0.05, 0) is 57.4 Å². The van der Waals surface area contributed by atoms with Gasteiger partial charge < -0.3 is 10.6 Å². The van der Waals surface area contributed by atoms with Crippen molar-refractivity contribution in [1.82, 2.24) is 10.6 Å². The lowest BCUT2D eigenvalue weighted by Gasteiger charge is -2.38. The topological polar surface area (TPSA) is 41.1 Å². The number of hydrogen-bond donors (Lipinski definition) is 2. The molecule has 0 bridgehead atoms. The number of nitrogens with one attached hydrogen (secondary N) is 2. The van der Waals surface area contributed by atoms with Crippen LogP contribution in [-0.2, 0) is 4.79 Å². The zero-order valence-corrected chi connectivity index (χ0v) is 14.0. The average molecular weight is 298 g/mol. The highest BCUT2D eigenvalue weighted by atomic mass is 32.2. The van der Waals surface area contributed by atoms with Gasteiger partial charge in [-0.1, -0.05) is 20.3 Å². The Bertz CT molecular complexity index is 326. The van der Waals surface area contributed by atoms with E-state index in [1.807, 2.05) is 11.8 Å². The van der Waals surface area contributed by atoms with Crippen LogP contribution in [0.2, 0.25) is 0 Å². The van der Waals surface area contributed by atoms with Crippen molar-refractivity contribution in [3.8, 4) is 0 Å². The van der Waals surface area contributed by atoms with Crippen LogP contribution in [0.15, 0.2) is 0 Å². The van der Waals surface area contributed by atoms with Crippen molar-refractivity contribution in [1.29, 1.82) is 0 Å². The van der Waals surface area contributed by atoms with Crippen molar-refractivity contribution < 1.29 is 4.79 Å². The number of piperidine rings is 1. The molecule has 2 aliphatic rings. The van der Waals surface area contributed by atoms with Crippen LogP contribution in [0.3, 0.4) is 0 Å². The maximum absolute atomic E-state index is 12.7. The maximum atomic E-state index is 12.7. The first-order valence-electron chi connectivity index (χ1n) is 8.08. The summed E-state index contributed by atoms with van der Waals surface area (Å²) in [6.07, 6.45) is 9.41. The minimum absolute atomic E-state index is 0.250. The van der Waals surface area contributed by atoms with Crippen LogP contribution in [0.4, 0.5) is 0 Å². The fourth-order valence-corrected chi connectivity index (χ4v) is 4.34. The van der Waals surface area contributed by atoms with Crippen LogP contribution >= 0.6 is 11.8 Å². The normalized spacial score (nSPS) is 31.9. The van der Waals surface area contributed by atoms with E-state index in [4.69, 9.17) is 0 Å². The van der Waals surface area contributed by atoms with Crippen molar-refractivity contribution >= 4 is 17.7 Å². The summed E-state index contributed by atoms with van der Waals surface area (Å²) in [6, 6.07) is 0.393. The van der Waals surface area contributed by atoms with Gasteiger partial charge >= 0.3 is 0 Å². The van der Waals surface area contributed by atoms with E-state index in [1.54, 1.807) is 0 Å². The quantitative estimate of drug-likeness (QED) is 0.838. The first-order valence-corrected chi connectivity index (χ1v) is 9.37. The average Bonchev–Trinajstić information content (AvgIpc) is 2.48. The molecular formula is C16H30N2OS. The second kappa shape index (κ2) is 7.17. The maximum Gasteiger partial charge on any atom is 0.226 e. The molecular weight excluding hydrogens is 268 g/mol. The molecule has 1 saturated heterocycles. The molecule has 1 aliphatic carbocycles. The molecule has 3 nitrogen and oxygen atoms in total. The number of rotatable bonds is 4. The summed E-state index contributed by atoms with van der Waals surface area (Å²) in [5, 5.41) is 7.50. The molecule has 0 radical (unpaired) electrons. The van der Waals surface area contributed by atoms with Gasteiger partial charge in [-0.2, -0.15) is 11.8 Å². The molecule has 0 aromatic rings. The molecule has 0 spiro atoms. The molecule has 0 aromatic heterocycles. The monoisotopic (exact) mass is 298 g/mol. The second-order valence-corrected chi connectivity index (χ2v) is 8.10. The van der Waals surface area contributed by atoms with E-state index in [1.165, 1.54) is 25.7 Å². The van der Waals surface area contributed by atoms with Gasteiger partial charge in [0.1, 0.15) is 0 Å². The number of hydrogen-bond acceptors (Lipinski definition) is 3. The predicted molar refractivity (Wildman–Crippen MR) is 87.1 cm³/mol. The van der Waals surface area contributed by atoms with E-state index in [0.717, 1.165) is 31.2 Å². The molecule has 1 aliphatic heterocycles. The number of thioether (sulfide) groups is 1. The zero-order chi connectivity index (χ0) is 14.6. The van der Waals surface area contributed by atoms with Crippen LogP contribution in [0.5, 0.6) is 0 Å². The third-order valence-corrected chi connectivity index (χ3v) is 6.29. The summed E-state index contributed by atoms with van der Waals surface area (Å²) >= 11 is 1.95. The molecule has 3 unspecified atom stereocenters. The summed E-state index contributed by atoms with van der Waals surface area (Å²) in [6.45, 7) is 6.33. The second-order valence-electron chi connectivity index (χ2n) is 6.96. The van der Waals surface area contributed by atoms with E-state index in [9.17, 15) is 4.79 Å². The number of carbonyl (C=O) groups is 1. The first kappa shape index (κ1) is 16.2. The Hall–Kier alpha value is -0.220. The molecule has 2 fully saturated rings. The molecule has 3 atom stereocenters. The third kappa shape index (κ3) is 3.91. The Kier molecular flexibility index (Phi) is 5.79. The van der Waals surface area contributed by atoms with Crippen molar-refractivity contribution in [2.45, 2.75) is 63.7 Å². The summed E-state index contributed by atoms with van der Waals surface area (Å²) in [4.78, 5) is 12.7. The SMILES string of the molecule is CSC1CCCC(NC(=O)C(C)(C)C2CCCNC2)C1. The molecule has 1 heterocycles. The highest BCUT2D eigenvalue weighted by Gasteiger charge is 2.38. The Morgan fingerprint density at radius 3 is 2.70 bits per heavy atom. The summed E-state index contributed by atoms with van der Waals surface area (Å²) in [5.41, 5.74) is -0.250. The summed E-state index contributed by atoms with van der Waals surface area (Å²) in [7, 11) is 0. The van der Waals surface area contributed by atoms with Gasteiger partial charge in [0.25, 0.3) is 0 Å². The first-order chi connectivity index (χ1) is 9.54. The van der Waals surface area contributed by atoms with E-state index in [-0.39, 0.29) is 11.3 Å². The minimum atomic E-state index is -0.250. The number of amides is 1. The molecule has 2 rings (SSSR count). The van der Waals surface area contributed by atoms with Gasteiger partial charge in [-0.15, -0.1) is 0 Å². The van der Waals surface area contributed by atoms with Crippen molar-refractivity contribution in [2.24, 2.45) is 11.3 Å². The van der Waals surface area contributed by atoms with E-state index < -0.39 is 0 Å². The van der Waals surface area contributed by atoms with Crippen LogP contribution in [0, 0.1) is 11.3 Å². The molecule has 116 valence electrons. The third-order valence-electron chi connectivity index (χ3n) is 5.20. The van der Waals surface area contributed by atoms with Gasteiger partial charge in [0.2, 0.25) is 5.91 Å². The Morgan fingerprint density at radius 2 is 2.05 bits per heavy atom. The lowest BCUT2D eigenvalue weighted by molar-refractivity contribution is -0.133. The Balaban J connectivity index is 1.89. The Morgan fingerprint density at radius 1 is 1.25 bits per heavy atom. The van der Waals surface area contributed by atoms with E-state index >= 15 is 0 Å². The lowest BCUT2D eigenvalue weighted by atomic mass is 9.74. The minimum Gasteiger partial charge on any atom is -0.353 e. The van der Waals surface area contributed by atoms with Crippen molar-refractivity contribution in [2.75, 3.05) is 19.3 Å². The molecule has 0 aromatic carbocycles. The smallest absolute Gasteiger partial charge is 0.226 e.